The van der Waals surface area contributed by atoms with E-state index in [1.165, 1.54) is 0 Å². The van der Waals surface area contributed by atoms with Crippen LogP contribution in [0, 0.1) is 6.92 Å². The van der Waals surface area contributed by atoms with E-state index in [1.807, 2.05) is 43.3 Å². The van der Waals surface area contributed by atoms with Crippen LogP contribution in [0.5, 0.6) is 11.5 Å². The molecule has 5 nitrogen and oxygen atoms in total. The molecule has 5 heteroatoms. The van der Waals surface area contributed by atoms with Crippen molar-refractivity contribution in [3.63, 3.8) is 0 Å². The summed E-state index contributed by atoms with van der Waals surface area (Å²) in [6.07, 6.45) is 1.57. The van der Waals surface area contributed by atoms with Gasteiger partial charge in [0.1, 0.15) is 0 Å². The Bertz CT molecular complexity index is 1320. The minimum atomic E-state index is -0.399. The molecule has 1 amide bonds. The maximum absolute atomic E-state index is 12.6. The molecule has 4 rings (SSSR count). The van der Waals surface area contributed by atoms with Crippen LogP contribution in [0.4, 0.5) is 0 Å². The molecular weight excluding hydrogens is 436 g/mol. The summed E-state index contributed by atoms with van der Waals surface area (Å²) in [5, 5.41) is 0. The zero-order valence-corrected chi connectivity index (χ0v) is 20.8. The first-order valence-electron chi connectivity index (χ1n) is 11.9. The maximum atomic E-state index is 12.6. The molecule has 1 heterocycles. The fourth-order valence-corrected chi connectivity index (χ4v) is 4.82. The Morgan fingerprint density at radius 1 is 0.857 bits per heavy atom. The molecule has 0 fully saturated rings. The molecule has 0 unspecified atom stereocenters. The zero-order chi connectivity index (χ0) is 24.9. The first kappa shape index (κ1) is 24.1. The van der Waals surface area contributed by atoms with Crippen molar-refractivity contribution in [3.05, 3.63) is 95.3 Å². The zero-order valence-electron chi connectivity index (χ0n) is 20.8. The van der Waals surface area contributed by atoms with E-state index in [2.05, 4.69) is 47.9 Å². The van der Waals surface area contributed by atoms with Crippen molar-refractivity contribution in [1.29, 1.82) is 0 Å². The Hall–Kier alpha value is -3.99. The van der Waals surface area contributed by atoms with Crippen molar-refractivity contribution >= 4 is 5.91 Å². The van der Waals surface area contributed by atoms with Crippen LogP contribution in [0.2, 0.25) is 0 Å². The Morgan fingerprint density at radius 3 is 2.09 bits per heavy atom. The molecular formula is C30H32N2O3. The second kappa shape index (κ2) is 10.5. The number of nitrogens with zero attached hydrogens (tertiary/aromatic N) is 1. The minimum absolute atomic E-state index is 0.399. The monoisotopic (exact) mass is 468 g/mol. The number of rotatable bonds is 9. The van der Waals surface area contributed by atoms with Crippen molar-refractivity contribution in [2.45, 2.75) is 33.2 Å². The molecule has 1 aromatic heterocycles. The number of carbonyl (C=O) groups excluding carboxylic acids is 1. The minimum Gasteiger partial charge on any atom is -0.493 e. The Balaban J connectivity index is 1.71. The summed E-state index contributed by atoms with van der Waals surface area (Å²) in [6, 6.07) is 24.6. The van der Waals surface area contributed by atoms with E-state index >= 15 is 0 Å². The summed E-state index contributed by atoms with van der Waals surface area (Å²) >= 11 is 0. The summed E-state index contributed by atoms with van der Waals surface area (Å²) in [6.45, 7) is 4.83. The quantitative estimate of drug-likeness (QED) is 0.325. The third-order valence-electron chi connectivity index (χ3n) is 6.57. The topological polar surface area (TPSA) is 66.5 Å². The van der Waals surface area contributed by atoms with Gasteiger partial charge in [0.25, 0.3) is 5.91 Å². The second-order valence-corrected chi connectivity index (χ2v) is 8.53. The standard InChI is InChI=1S/C30H32N2O3/c1-5-25-29(24-14-12-23(13-15-24)22-9-7-6-8-10-22)28(30(31)33)20(2)32(25)18-17-21-11-16-26(34-3)27(19-21)35-4/h6-16,19H,5,17-18H2,1-4H3,(H2,31,33). The molecule has 0 saturated heterocycles. The number of benzene rings is 3. The van der Waals surface area contributed by atoms with Crippen molar-refractivity contribution in [2.24, 2.45) is 5.73 Å². The second-order valence-electron chi connectivity index (χ2n) is 8.53. The SMILES string of the molecule is CCc1c(-c2ccc(-c3ccccc3)cc2)c(C(N)=O)c(C)n1CCc1ccc(OC)c(OC)c1. The van der Waals surface area contributed by atoms with E-state index < -0.39 is 5.91 Å². The number of amides is 1. The first-order chi connectivity index (χ1) is 17.0. The van der Waals surface area contributed by atoms with Crippen LogP contribution in [0.15, 0.2) is 72.8 Å². The predicted octanol–water partition coefficient (Wildman–Crippen LogP) is 6.05. The van der Waals surface area contributed by atoms with E-state index in [9.17, 15) is 4.79 Å². The lowest BCUT2D eigenvalue weighted by Gasteiger charge is -2.14. The van der Waals surface area contributed by atoms with Gasteiger partial charge in [0.15, 0.2) is 11.5 Å². The largest absolute Gasteiger partial charge is 0.493 e. The highest BCUT2D eigenvalue weighted by atomic mass is 16.5. The van der Waals surface area contributed by atoms with E-state index in [-0.39, 0.29) is 0 Å². The highest BCUT2D eigenvalue weighted by Crippen LogP contribution is 2.35. The number of nitrogens with two attached hydrogens (primary N) is 1. The number of primary amides is 1. The van der Waals surface area contributed by atoms with Crippen LogP contribution in [0.3, 0.4) is 0 Å². The van der Waals surface area contributed by atoms with E-state index in [0.717, 1.165) is 58.6 Å². The summed E-state index contributed by atoms with van der Waals surface area (Å²) in [5.74, 6) is 1.02. The number of hydrogen-bond donors (Lipinski definition) is 1. The van der Waals surface area contributed by atoms with Crippen LogP contribution < -0.4 is 15.2 Å². The molecule has 0 radical (unpaired) electrons. The lowest BCUT2D eigenvalue weighted by Crippen LogP contribution is -2.14. The summed E-state index contributed by atoms with van der Waals surface area (Å²) in [7, 11) is 3.27. The van der Waals surface area contributed by atoms with Gasteiger partial charge in [-0.25, -0.2) is 0 Å². The summed E-state index contributed by atoms with van der Waals surface area (Å²) in [5.41, 5.74) is 13.9. The van der Waals surface area contributed by atoms with Gasteiger partial charge in [-0.1, -0.05) is 67.6 Å². The van der Waals surface area contributed by atoms with Crippen LogP contribution in [-0.4, -0.2) is 24.7 Å². The van der Waals surface area contributed by atoms with Gasteiger partial charge in [0, 0.05) is 23.5 Å². The molecule has 180 valence electrons. The van der Waals surface area contributed by atoms with Crippen molar-refractivity contribution in [3.8, 4) is 33.8 Å². The van der Waals surface area contributed by atoms with E-state index in [1.54, 1.807) is 14.2 Å². The predicted molar refractivity (Wildman–Crippen MR) is 141 cm³/mol. The third kappa shape index (κ3) is 4.80. The van der Waals surface area contributed by atoms with E-state index in [4.69, 9.17) is 15.2 Å². The first-order valence-corrected chi connectivity index (χ1v) is 11.9. The fraction of sp³-hybridized carbons (Fsp3) is 0.233. The average Bonchev–Trinajstić information content (AvgIpc) is 3.19. The highest BCUT2D eigenvalue weighted by Gasteiger charge is 2.24. The van der Waals surface area contributed by atoms with Gasteiger partial charge >= 0.3 is 0 Å². The number of methoxy groups -OCH3 is 2. The van der Waals surface area contributed by atoms with Gasteiger partial charge in [-0.3, -0.25) is 4.79 Å². The van der Waals surface area contributed by atoms with Crippen LogP contribution in [0.1, 0.15) is 34.2 Å². The van der Waals surface area contributed by atoms with Gasteiger partial charge in [0.2, 0.25) is 0 Å². The average molecular weight is 469 g/mol. The van der Waals surface area contributed by atoms with Gasteiger partial charge in [-0.05, 0) is 54.2 Å². The molecule has 0 atom stereocenters. The molecule has 4 aromatic rings. The van der Waals surface area contributed by atoms with Crippen LogP contribution in [0.25, 0.3) is 22.3 Å². The Morgan fingerprint density at radius 2 is 1.49 bits per heavy atom. The molecule has 0 aliphatic carbocycles. The number of aryl methyl sites for hydroxylation is 1. The molecule has 2 N–H and O–H groups in total. The summed E-state index contributed by atoms with van der Waals surface area (Å²) < 4.78 is 13.1. The number of aromatic nitrogens is 1. The van der Waals surface area contributed by atoms with Gasteiger partial charge in [-0.15, -0.1) is 0 Å². The molecule has 0 bridgehead atoms. The molecule has 0 spiro atoms. The molecule has 3 aromatic carbocycles. The van der Waals surface area contributed by atoms with Gasteiger partial charge in [-0.2, -0.15) is 0 Å². The smallest absolute Gasteiger partial charge is 0.251 e. The Labute approximate surface area is 207 Å². The van der Waals surface area contributed by atoms with E-state index in [0.29, 0.717) is 17.1 Å². The lowest BCUT2D eigenvalue weighted by molar-refractivity contribution is 0.1000. The van der Waals surface area contributed by atoms with Crippen LogP contribution in [-0.2, 0) is 19.4 Å². The normalized spacial score (nSPS) is 10.9. The molecule has 0 aliphatic heterocycles. The molecule has 35 heavy (non-hydrogen) atoms. The van der Waals surface area contributed by atoms with Crippen molar-refractivity contribution < 1.29 is 14.3 Å². The maximum Gasteiger partial charge on any atom is 0.251 e. The summed E-state index contributed by atoms with van der Waals surface area (Å²) in [4.78, 5) is 12.6. The van der Waals surface area contributed by atoms with Crippen molar-refractivity contribution in [1.82, 2.24) is 4.57 Å². The lowest BCUT2D eigenvalue weighted by atomic mass is 9.96. The van der Waals surface area contributed by atoms with Gasteiger partial charge in [0.05, 0.1) is 19.8 Å². The van der Waals surface area contributed by atoms with Gasteiger partial charge < -0.3 is 19.8 Å². The van der Waals surface area contributed by atoms with Crippen LogP contribution >= 0.6 is 0 Å². The molecule has 0 aliphatic rings. The molecule has 0 saturated carbocycles. The third-order valence-corrected chi connectivity index (χ3v) is 6.57. The number of carbonyl (C=O) groups is 1. The number of ether oxygens (including phenoxy) is 2. The number of hydrogen-bond acceptors (Lipinski definition) is 3. The Kier molecular flexibility index (Phi) is 7.25. The highest BCUT2D eigenvalue weighted by molar-refractivity contribution is 6.02. The fourth-order valence-electron chi connectivity index (χ4n) is 4.82. The van der Waals surface area contributed by atoms with Crippen molar-refractivity contribution in [2.75, 3.05) is 14.2 Å².